The van der Waals surface area contributed by atoms with Crippen LogP contribution in [0.5, 0.6) is 0 Å². The zero-order chi connectivity index (χ0) is 12.5. The van der Waals surface area contributed by atoms with Crippen molar-refractivity contribution in [1.29, 1.82) is 0 Å². The maximum Gasteiger partial charge on any atom is 0.411 e. The summed E-state index contributed by atoms with van der Waals surface area (Å²) < 4.78 is 5.20. The van der Waals surface area contributed by atoms with Gasteiger partial charge in [-0.2, -0.15) is 0 Å². The molecule has 0 aromatic carbocycles. The largest absolute Gasteiger partial charge is 0.480 e. The average Bonchev–Trinajstić information content (AvgIpc) is 2.43. The second kappa shape index (κ2) is 4.31. The molecule has 1 N–H and O–H groups in total. The Morgan fingerprint density at radius 1 is 1.31 bits per heavy atom. The quantitative estimate of drug-likeness (QED) is 0.745. The first kappa shape index (κ1) is 12.8. The van der Waals surface area contributed by atoms with Crippen molar-refractivity contribution in [2.24, 2.45) is 0 Å². The summed E-state index contributed by atoms with van der Waals surface area (Å²) in [6.07, 6.45) is 0.663. The maximum atomic E-state index is 11.8. The number of carboxylic acid groups (broad SMARTS) is 1. The molecule has 0 aromatic heterocycles. The van der Waals surface area contributed by atoms with Gasteiger partial charge in [0.15, 0.2) is 0 Å². The van der Waals surface area contributed by atoms with Gasteiger partial charge in [-0.05, 0) is 40.5 Å². The molecule has 1 aliphatic rings. The fourth-order valence-corrected chi connectivity index (χ4v) is 1.85. The third-order valence-electron chi connectivity index (χ3n) is 2.56. The third kappa shape index (κ3) is 2.87. The Bertz CT molecular complexity index is 295. The summed E-state index contributed by atoms with van der Waals surface area (Å²) in [4.78, 5) is 24.1. The molecule has 0 unspecified atom stereocenters. The molecular formula is C11H19NO4. The number of carboxylic acids is 1. The average molecular weight is 229 g/mol. The lowest BCUT2D eigenvalue weighted by atomic mass is 10.2. The number of hydrogen-bond acceptors (Lipinski definition) is 3. The number of hydrogen-bond donors (Lipinski definition) is 1. The van der Waals surface area contributed by atoms with Gasteiger partial charge in [0.2, 0.25) is 0 Å². The Labute approximate surface area is 95.4 Å². The van der Waals surface area contributed by atoms with E-state index in [0.29, 0.717) is 12.8 Å². The van der Waals surface area contributed by atoms with Crippen LogP contribution >= 0.6 is 0 Å². The van der Waals surface area contributed by atoms with E-state index in [1.807, 2.05) is 6.92 Å². The number of ether oxygens (including phenoxy) is 1. The van der Waals surface area contributed by atoms with Crippen molar-refractivity contribution in [3.63, 3.8) is 0 Å². The SMILES string of the molecule is C[C@@H]1CC[C@H](C(=O)O)N1C(=O)OC(C)(C)C. The molecule has 5 nitrogen and oxygen atoms in total. The first-order chi connectivity index (χ1) is 7.22. The molecule has 0 spiro atoms. The highest BCUT2D eigenvalue weighted by Crippen LogP contribution is 2.26. The third-order valence-corrected chi connectivity index (χ3v) is 2.56. The molecule has 0 aromatic rings. The molecule has 16 heavy (non-hydrogen) atoms. The van der Waals surface area contributed by atoms with E-state index in [9.17, 15) is 9.59 Å². The first-order valence-corrected chi connectivity index (χ1v) is 5.46. The van der Waals surface area contributed by atoms with Crippen molar-refractivity contribution in [1.82, 2.24) is 4.90 Å². The van der Waals surface area contributed by atoms with Gasteiger partial charge >= 0.3 is 12.1 Å². The topological polar surface area (TPSA) is 66.8 Å². The van der Waals surface area contributed by atoms with E-state index in [2.05, 4.69) is 0 Å². The minimum absolute atomic E-state index is 0.0732. The van der Waals surface area contributed by atoms with Gasteiger partial charge < -0.3 is 9.84 Å². The zero-order valence-electron chi connectivity index (χ0n) is 10.2. The molecule has 0 saturated carbocycles. The number of amides is 1. The summed E-state index contributed by atoms with van der Waals surface area (Å²) in [6, 6.07) is -0.819. The van der Waals surface area contributed by atoms with Crippen LogP contribution in [0.3, 0.4) is 0 Å². The smallest absolute Gasteiger partial charge is 0.411 e. The van der Waals surface area contributed by atoms with Crippen molar-refractivity contribution in [3.05, 3.63) is 0 Å². The molecule has 1 fully saturated rings. The lowest BCUT2D eigenvalue weighted by molar-refractivity contribution is -0.142. The molecule has 0 radical (unpaired) electrons. The predicted molar refractivity (Wildman–Crippen MR) is 58.2 cm³/mol. The van der Waals surface area contributed by atoms with Crippen molar-refractivity contribution in [2.75, 3.05) is 0 Å². The van der Waals surface area contributed by atoms with E-state index in [0.717, 1.165) is 0 Å². The molecule has 1 aliphatic heterocycles. The van der Waals surface area contributed by atoms with E-state index < -0.39 is 23.7 Å². The van der Waals surface area contributed by atoms with Gasteiger partial charge in [-0.3, -0.25) is 4.90 Å². The number of carbonyl (C=O) groups excluding carboxylic acids is 1. The normalized spacial score (nSPS) is 25.6. The van der Waals surface area contributed by atoms with Gasteiger partial charge in [0.1, 0.15) is 11.6 Å². The van der Waals surface area contributed by atoms with E-state index in [-0.39, 0.29) is 6.04 Å². The van der Waals surface area contributed by atoms with Crippen LogP contribution in [-0.2, 0) is 9.53 Å². The minimum atomic E-state index is -0.963. The molecule has 5 heteroatoms. The zero-order valence-corrected chi connectivity index (χ0v) is 10.2. The minimum Gasteiger partial charge on any atom is -0.480 e. The number of likely N-dealkylation sites (tertiary alicyclic amines) is 1. The second-order valence-electron chi connectivity index (χ2n) is 5.17. The van der Waals surface area contributed by atoms with Gasteiger partial charge in [0, 0.05) is 6.04 Å². The molecule has 2 atom stereocenters. The summed E-state index contributed by atoms with van der Waals surface area (Å²) in [7, 11) is 0. The van der Waals surface area contributed by atoms with Crippen molar-refractivity contribution < 1.29 is 19.4 Å². The summed E-state index contributed by atoms with van der Waals surface area (Å²) in [6.45, 7) is 7.14. The van der Waals surface area contributed by atoms with E-state index in [1.54, 1.807) is 20.8 Å². The lowest BCUT2D eigenvalue weighted by Gasteiger charge is -2.29. The summed E-state index contributed by atoms with van der Waals surface area (Å²) in [5.74, 6) is -0.963. The molecule has 1 amide bonds. The van der Waals surface area contributed by atoms with Crippen molar-refractivity contribution in [3.8, 4) is 0 Å². The Morgan fingerprint density at radius 2 is 1.88 bits per heavy atom. The summed E-state index contributed by atoms with van der Waals surface area (Å²) in [5, 5.41) is 9.00. The fourth-order valence-electron chi connectivity index (χ4n) is 1.85. The highest BCUT2D eigenvalue weighted by Gasteiger charge is 2.40. The first-order valence-electron chi connectivity index (χ1n) is 5.46. The van der Waals surface area contributed by atoms with Gasteiger partial charge in [-0.15, -0.1) is 0 Å². The molecule has 0 aliphatic carbocycles. The molecule has 0 bridgehead atoms. The van der Waals surface area contributed by atoms with Crippen molar-refractivity contribution >= 4 is 12.1 Å². The maximum absolute atomic E-state index is 11.8. The second-order valence-corrected chi connectivity index (χ2v) is 5.17. The summed E-state index contributed by atoms with van der Waals surface area (Å²) >= 11 is 0. The van der Waals surface area contributed by atoms with Crippen LogP contribution in [-0.4, -0.2) is 39.8 Å². The highest BCUT2D eigenvalue weighted by atomic mass is 16.6. The van der Waals surface area contributed by atoms with Crippen LogP contribution < -0.4 is 0 Å². The lowest BCUT2D eigenvalue weighted by Crippen LogP contribution is -2.46. The number of nitrogens with zero attached hydrogens (tertiary/aromatic N) is 1. The molecular weight excluding hydrogens is 210 g/mol. The number of carbonyl (C=O) groups is 2. The standard InChI is InChI=1S/C11H19NO4/c1-7-5-6-8(9(13)14)12(7)10(15)16-11(2,3)4/h7-8H,5-6H2,1-4H3,(H,13,14)/t7-,8-/m1/s1. The fraction of sp³-hybridized carbons (Fsp3) is 0.818. The Balaban J connectivity index is 2.76. The van der Waals surface area contributed by atoms with Gasteiger partial charge in [0.25, 0.3) is 0 Å². The van der Waals surface area contributed by atoms with Crippen LogP contribution in [0.1, 0.15) is 40.5 Å². The van der Waals surface area contributed by atoms with Gasteiger partial charge in [-0.1, -0.05) is 0 Å². The molecule has 1 rings (SSSR count). The Kier molecular flexibility index (Phi) is 3.45. The highest BCUT2D eigenvalue weighted by molar-refractivity contribution is 5.81. The van der Waals surface area contributed by atoms with Crippen LogP contribution in [0, 0.1) is 0 Å². The van der Waals surface area contributed by atoms with Crippen LogP contribution in [0.15, 0.2) is 0 Å². The molecule has 92 valence electrons. The van der Waals surface area contributed by atoms with Crippen LogP contribution in [0.25, 0.3) is 0 Å². The van der Waals surface area contributed by atoms with Crippen LogP contribution in [0.2, 0.25) is 0 Å². The van der Waals surface area contributed by atoms with E-state index in [4.69, 9.17) is 9.84 Å². The Morgan fingerprint density at radius 3 is 2.31 bits per heavy atom. The van der Waals surface area contributed by atoms with E-state index >= 15 is 0 Å². The van der Waals surface area contributed by atoms with Gasteiger partial charge in [0.05, 0.1) is 0 Å². The van der Waals surface area contributed by atoms with Crippen LogP contribution in [0.4, 0.5) is 4.79 Å². The number of rotatable bonds is 1. The Hall–Kier alpha value is -1.26. The van der Waals surface area contributed by atoms with E-state index in [1.165, 1.54) is 4.90 Å². The monoisotopic (exact) mass is 229 g/mol. The van der Waals surface area contributed by atoms with Crippen molar-refractivity contribution in [2.45, 2.75) is 58.2 Å². The number of aliphatic carboxylic acids is 1. The predicted octanol–water partition coefficient (Wildman–Crippen LogP) is 1.86. The van der Waals surface area contributed by atoms with Gasteiger partial charge in [-0.25, -0.2) is 9.59 Å². The summed E-state index contributed by atoms with van der Waals surface area (Å²) in [5.41, 5.74) is -0.595. The molecule has 1 heterocycles. The molecule has 1 saturated heterocycles.